The maximum absolute atomic E-state index is 8.29. The van der Waals surface area contributed by atoms with E-state index < -0.39 is 0 Å². The van der Waals surface area contributed by atoms with Gasteiger partial charge in [0.2, 0.25) is 0 Å². The molecule has 0 rings (SSSR count). The average molecular weight is 88.1 g/mol. The third kappa shape index (κ3) is 3.34. The predicted molar refractivity (Wildman–Crippen MR) is 23.4 cm³/mol. The molecule has 0 aliphatic heterocycles. The average Bonchev–Trinajstić information content (AvgIpc) is 1.35. The maximum Gasteiger partial charge on any atom is 0.123 e. The molecule has 0 unspecified atom stereocenters. The molecule has 1 N–H and O–H groups in total. The third-order valence-corrected chi connectivity index (χ3v) is 0.288. The van der Waals surface area contributed by atoms with E-state index in [0.29, 0.717) is 0 Å². The largest absolute Gasteiger partial charge is 0.509 e. The van der Waals surface area contributed by atoms with Gasteiger partial charge in [-0.1, -0.05) is 0 Å². The van der Waals surface area contributed by atoms with E-state index in [-0.39, 0.29) is 5.76 Å². The monoisotopic (exact) mass is 88.1 g/mol. The van der Waals surface area contributed by atoms with E-state index in [0.717, 1.165) is 0 Å². The molecule has 0 spiro atoms. The van der Waals surface area contributed by atoms with Crippen molar-refractivity contribution >= 4 is 0 Å². The van der Waals surface area contributed by atoms with Gasteiger partial charge in [0.25, 0.3) is 0 Å². The van der Waals surface area contributed by atoms with Crippen LogP contribution in [0, 0.1) is 0 Å². The molecule has 2 nitrogen and oxygen atoms in total. The van der Waals surface area contributed by atoms with E-state index in [1.54, 1.807) is 6.92 Å². The van der Waals surface area contributed by atoms with Crippen LogP contribution in [0.15, 0.2) is 12.0 Å². The summed E-state index contributed by atoms with van der Waals surface area (Å²) in [6.07, 6.45) is 1.26. The number of methoxy groups -OCH3 is 1. The maximum atomic E-state index is 8.29. The van der Waals surface area contributed by atoms with Gasteiger partial charge in [-0.2, -0.15) is 0 Å². The molecule has 0 amide bonds. The van der Waals surface area contributed by atoms with E-state index in [4.69, 9.17) is 5.11 Å². The molecule has 0 aromatic heterocycles. The lowest BCUT2D eigenvalue weighted by atomic mass is 10.7. The lowest BCUT2D eigenvalue weighted by Gasteiger charge is -1.84. The van der Waals surface area contributed by atoms with E-state index >= 15 is 0 Å². The van der Waals surface area contributed by atoms with Crippen molar-refractivity contribution in [1.82, 2.24) is 0 Å². The minimum atomic E-state index is 0.192. The normalized spacial score (nSPS) is 11.3. The van der Waals surface area contributed by atoms with Crippen LogP contribution >= 0.6 is 0 Å². The number of allylic oxidation sites excluding steroid dienone is 1. The first-order valence-electron chi connectivity index (χ1n) is 1.66. The molecule has 0 aromatic carbocycles. The minimum absolute atomic E-state index is 0.192. The van der Waals surface area contributed by atoms with Crippen LogP contribution in [0.4, 0.5) is 0 Å². The van der Waals surface area contributed by atoms with E-state index in [1.165, 1.54) is 13.4 Å². The summed E-state index contributed by atoms with van der Waals surface area (Å²) in [7, 11) is 1.49. The zero-order chi connectivity index (χ0) is 4.99. The van der Waals surface area contributed by atoms with Crippen molar-refractivity contribution in [3.8, 4) is 0 Å². The van der Waals surface area contributed by atoms with Crippen molar-refractivity contribution in [1.29, 1.82) is 0 Å². The molecule has 0 aliphatic rings. The van der Waals surface area contributed by atoms with Gasteiger partial charge >= 0.3 is 0 Å². The second-order valence-corrected chi connectivity index (χ2v) is 0.995. The summed E-state index contributed by atoms with van der Waals surface area (Å²) in [6, 6.07) is 0. The van der Waals surface area contributed by atoms with Crippen molar-refractivity contribution in [3.63, 3.8) is 0 Å². The lowest BCUT2D eigenvalue weighted by molar-refractivity contribution is 0.298. The Hall–Kier alpha value is -0.660. The molecule has 2 heteroatoms. The van der Waals surface area contributed by atoms with Gasteiger partial charge in [-0.15, -0.1) is 0 Å². The Bertz CT molecular complexity index is 52.6. The van der Waals surface area contributed by atoms with Gasteiger partial charge < -0.3 is 9.84 Å². The molecule has 0 heterocycles. The molecule has 0 fully saturated rings. The number of ether oxygens (including phenoxy) is 1. The Balaban J connectivity index is 3.14. The molecule has 0 saturated carbocycles. The zero-order valence-electron chi connectivity index (χ0n) is 3.93. The standard InChI is InChI=1S/C4H8O2/c1-4(5)3-6-2/h3,5H,1-2H3. The summed E-state index contributed by atoms with van der Waals surface area (Å²) >= 11 is 0. The van der Waals surface area contributed by atoms with Crippen molar-refractivity contribution < 1.29 is 9.84 Å². The molecular formula is C4H8O2. The Morgan fingerprint density at radius 1 is 1.83 bits per heavy atom. The van der Waals surface area contributed by atoms with Gasteiger partial charge in [-0.3, -0.25) is 0 Å². The Morgan fingerprint density at radius 3 is 2.33 bits per heavy atom. The van der Waals surface area contributed by atoms with Crippen LogP contribution in [-0.2, 0) is 4.74 Å². The lowest BCUT2D eigenvalue weighted by Crippen LogP contribution is -1.70. The molecule has 0 radical (unpaired) electrons. The fourth-order valence-electron chi connectivity index (χ4n) is 0.171. The quantitative estimate of drug-likeness (QED) is 0.485. The molecular weight excluding hydrogens is 80.0 g/mol. The molecule has 36 valence electrons. The molecule has 0 saturated heterocycles. The van der Waals surface area contributed by atoms with Crippen LogP contribution < -0.4 is 0 Å². The third-order valence-electron chi connectivity index (χ3n) is 0.288. The first-order valence-corrected chi connectivity index (χ1v) is 1.66. The van der Waals surface area contributed by atoms with Crippen LogP contribution in [0.5, 0.6) is 0 Å². The van der Waals surface area contributed by atoms with Gasteiger partial charge in [0.1, 0.15) is 12.0 Å². The molecule has 0 bridgehead atoms. The second kappa shape index (κ2) is 2.57. The van der Waals surface area contributed by atoms with Crippen molar-refractivity contribution in [2.75, 3.05) is 7.11 Å². The Morgan fingerprint density at radius 2 is 2.33 bits per heavy atom. The number of hydrogen-bond donors (Lipinski definition) is 1. The van der Waals surface area contributed by atoms with E-state index in [1.807, 2.05) is 0 Å². The highest BCUT2D eigenvalue weighted by atomic mass is 16.5. The predicted octanol–water partition coefficient (Wildman–Crippen LogP) is 1.05. The second-order valence-electron chi connectivity index (χ2n) is 0.995. The smallest absolute Gasteiger partial charge is 0.123 e. The van der Waals surface area contributed by atoms with E-state index in [2.05, 4.69) is 4.74 Å². The first-order chi connectivity index (χ1) is 2.77. The summed E-state index contributed by atoms with van der Waals surface area (Å²) in [5.41, 5.74) is 0. The number of aliphatic hydroxyl groups is 1. The van der Waals surface area contributed by atoms with E-state index in [9.17, 15) is 0 Å². The van der Waals surface area contributed by atoms with Gasteiger partial charge in [0, 0.05) is 0 Å². The zero-order valence-corrected chi connectivity index (χ0v) is 3.93. The topological polar surface area (TPSA) is 29.5 Å². The first kappa shape index (κ1) is 5.34. The molecule has 0 aromatic rings. The highest BCUT2D eigenvalue weighted by molar-refractivity contribution is 4.75. The fourth-order valence-corrected chi connectivity index (χ4v) is 0.171. The van der Waals surface area contributed by atoms with Crippen LogP contribution in [0.2, 0.25) is 0 Å². The van der Waals surface area contributed by atoms with Crippen molar-refractivity contribution in [2.45, 2.75) is 6.92 Å². The number of rotatable bonds is 1. The van der Waals surface area contributed by atoms with Gasteiger partial charge in [-0.05, 0) is 6.92 Å². The summed E-state index contributed by atoms with van der Waals surface area (Å²) < 4.78 is 4.39. The molecule has 0 aliphatic carbocycles. The summed E-state index contributed by atoms with van der Waals surface area (Å²) in [5.74, 6) is 0.192. The Labute approximate surface area is 37.1 Å². The van der Waals surface area contributed by atoms with Crippen LogP contribution in [-0.4, -0.2) is 12.2 Å². The van der Waals surface area contributed by atoms with Gasteiger partial charge in [-0.25, -0.2) is 0 Å². The fraction of sp³-hybridized carbons (Fsp3) is 0.500. The summed E-state index contributed by atoms with van der Waals surface area (Å²) in [4.78, 5) is 0. The van der Waals surface area contributed by atoms with Crippen molar-refractivity contribution in [3.05, 3.63) is 12.0 Å². The Kier molecular flexibility index (Phi) is 2.29. The van der Waals surface area contributed by atoms with Crippen LogP contribution in [0.25, 0.3) is 0 Å². The van der Waals surface area contributed by atoms with Crippen LogP contribution in [0.1, 0.15) is 6.92 Å². The molecule has 0 atom stereocenters. The van der Waals surface area contributed by atoms with Crippen LogP contribution in [0.3, 0.4) is 0 Å². The number of aliphatic hydroxyl groups excluding tert-OH is 1. The van der Waals surface area contributed by atoms with Crippen molar-refractivity contribution in [2.24, 2.45) is 0 Å². The molecule has 6 heavy (non-hydrogen) atoms. The summed E-state index contributed by atoms with van der Waals surface area (Å²) in [5, 5.41) is 8.29. The highest BCUT2D eigenvalue weighted by Crippen LogP contribution is 1.80. The van der Waals surface area contributed by atoms with Gasteiger partial charge in [0.05, 0.1) is 7.11 Å². The highest BCUT2D eigenvalue weighted by Gasteiger charge is 1.70. The SMILES string of the molecule is COC=C(C)O. The van der Waals surface area contributed by atoms with Gasteiger partial charge in [0.15, 0.2) is 0 Å². The summed E-state index contributed by atoms with van der Waals surface area (Å²) in [6.45, 7) is 1.55. The minimum Gasteiger partial charge on any atom is -0.509 e. The number of hydrogen-bond acceptors (Lipinski definition) is 2.